The van der Waals surface area contributed by atoms with Crippen LogP contribution in [0.4, 0.5) is 4.39 Å². The van der Waals surface area contributed by atoms with Gasteiger partial charge in [0, 0.05) is 30.9 Å². The summed E-state index contributed by atoms with van der Waals surface area (Å²) in [6.07, 6.45) is 7.56. The van der Waals surface area contributed by atoms with E-state index in [9.17, 15) is 9.18 Å². The molecule has 2 aromatic rings. The van der Waals surface area contributed by atoms with Gasteiger partial charge in [-0.25, -0.2) is 4.39 Å². The highest BCUT2D eigenvalue weighted by Crippen LogP contribution is 2.25. The van der Waals surface area contributed by atoms with Crippen molar-refractivity contribution in [3.8, 4) is 0 Å². The molecule has 0 atom stereocenters. The second-order valence-electron chi connectivity index (χ2n) is 5.21. The first-order valence-corrected chi connectivity index (χ1v) is 7.59. The van der Waals surface area contributed by atoms with E-state index in [0.29, 0.717) is 17.4 Å². The molecule has 0 fully saturated rings. The molecule has 0 radical (unpaired) electrons. The summed E-state index contributed by atoms with van der Waals surface area (Å²) in [5, 5.41) is 0. The molecule has 0 amide bonds. The van der Waals surface area contributed by atoms with Gasteiger partial charge in [-0.05, 0) is 52.4 Å². The molecule has 0 saturated heterocycles. The summed E-state index contributed by atoms with van der Waals surface area (Å²) in [6.45, 7) is 0.568. The Balaban J connectivity index is 1.91. The molecule has 0 spiro atoms. The summed E-state index contributed by atoms with van der Waals surface area (Å²) >= 11 is 3.28. The third kappa shape index (κ3) is 2.57. The number of nitrogens with zero attached hydrogens (tertiary/aromatic N) is 1. The van der Waals surface area contributed by atoms with Crippen LogP contribution in [0.25, 0.3) is 0 Å². The molecule has 104 valence electrons. The van der Waals surface area contributed by atoms with Crippen molar-refractivity contribution in [3.05, 3.63) is 57.6 Å². The number of hydrogen-bond acceptors (Lipinski definition) is 1. The monoisotopic (exact) mass is 335 g/mol. The van der Waals surface area contributed by atoms with Crippen LogP contribution >= 0.6 is 15.9 Å². The van der Waals surface area contributed by atoms with Crippen LogP contribution in [0.15, 0.2) is 35.1 Å². The fourth-order valence-corrected chi connectivity index (χ4v) is 3.09. The summed E-state index contributed by atoms with van der Waals surface area (Å²) in [5.74, 6) is -0.0261. The van der Waals surface area contributed by atoms with E-state index in [0.717, 1.165) is 36.0 Å². The van der Waals surface area contributed by atoms with Crippen molar-refractivity contribution in [2.75, 3.05) is 0 Å². The van der Waals surface area contributed by atoms with Gasteiger partial charge in [-0.2, -0.15) is 0 Å². The van der Waals surface area contributed by atoms with E-state index in [1.54, 1.807) is 6.07 Å². The molecular formula is C16H15BrFNO. The lowest BCUT2D eigenvalue weighted by Crippen LogP contribution is -2.00. The molecule has 0 unspecified atom stereocenters. The molecule has 1 aromatic heterocycles. The van der Waals surface area contributed by atoms with Crippen LogP contribution in [-0.2, 0) is 13.0 Å². The number of rotatable bonds is 2. The van der Waals surface area contributed by atoms with Gasteiger partial charge < -0.3 is 4.57 Å². The van der Waals surface area contributed by atoms with Crippen LogP contribution in [0.2, 0.25) is 0 Å². The number of benzene rings is 1. The average molecular weight is 336 g/mol. The third-order valence-electron chi connectivity index (χ3n) is 3.75. The molecule has 0 saturated carbocycles. The van der Waals surface area contributed by atoms with Gasteiger partial charge in [-0.15, -0.1) is 0 Å². The van der Waals surface area contributed by atoms with E-state index in [4.69, 9.17) is 0 Å². The van der Waals surface area contributed by atoms with Crippen molar-refractivity contribution in [2.24, 2.45) is 0 Å². The molecule has 20 heavy (non-hydrogen) atoms. The zero-order chi connectivity index (χ0) is 14.1. The van der Waals surface area contributed by atoms with Crippen molar-refractivity contribution >= 4 is 21.7 Å². The Kier molecular flexibility index (Phi) is 3.74. The number of aromatic nitrogens is 1. The molecule has 1 aromatic carbocycles. The van der Waals surface area contributed by atoms with Gasteiger partial charge in [0.15, 0.2) is 5.78 Å². The lowest BCUT2D eigenvalue weighted by atomic mass is 10.1. The number of fused-ring (bicyclic) bond motifs is 1. The Bertz CT molecular complexity index is 662. The molecule has 0 aliphatic heterocycles. The Morgan fingerprint density at radius 3 is 2.85 bits per heavy atom. The number of aryl methyl sites for hydroxylation is 1. The van der Waals surface area contributed by atoms with Gasteiger partial charge in [0.05, 0.1) is 4.47 Å². The number of carbonyl (C=O) groups excluding carboxylic acids is 1. The van der Waals surface area contributed by atoms with Crippen LogP contribution in [-0.4, -0.2) is 10.4 Å². The molecule has 2 nitrogen and oxygen atoms in total. The fraction of sp³-hybridized carbons (Fsp3) is 0.312. The topological polar surface area (TPSA) is 22.0 Å². The van der Waals surface area contributed by atoms with E-state index in [1.165, 1.54) is 6.07 Å². The van der Waals surface area contributed by atoms with Crippen molar-refractivity contribution in [1.29, 1.82) is 0 Å². The molecule has 0 bridgehead atoms. The summed E-state index contributed by atoms with van der Waals surface area (Å²) in [6, 6.07) is 5.02. The lowest BCUT2D eigenvalue weighted by molar-refractivity contribution is 0.0982. The zero-order valence-electron chi connectivity index (χ0n) is 11.0. The number of ketones is 1. The van der Waals surface area contributed by atoms with Crippen molar-refractivity contribution < 1.29 is 9.18 Å². The number of halogens is 2. The summed E-state index contributed by atoms with van der Waals surface area (Å²) in [5.41, 5.74) is 2.85. The third-order valence-corrected chi connectivity index (χ3v) is 4.64. The highest BCUT2D eigenvalue weighted by atomic mass is 79.9. The van der Waals surface area contributed by atoms with Gasteiger partial charge in [0.1, 0.15) is 5.82 Å². The Hall–Kier alpha value is -1.42. The molecule has 4 heteroatoms. The second kappa shape index (κ2) is 5.52. The molecule has 1 aliphatic rings. The van der Waals surface area contributed by atoms with Crippen molar-refractivity contribution in [3.63, 3.8) is 0 Å². The van der Waals surface area contributed by atoms with Crippen molar-refractivity contribution in [1.82, 2.24) is 4.57 Å². The average Bonchev–Trinajstić information content (AvgIpc) is 2.75. The maximum atomic E-state index is 13.5. The van der Waals surface area contributed by atoms with Gasteiger partial charge in [0.25, 0.3) is 0 Å². The number of hydrogen-bond donors (Lipinski definition) is 0. The van der Waals surface area contributed by atoms with E-state index in [-0.39, 0.29) is 11.6 Å². The number of Topliss-reactive ketones (excluding diaryl/α,β-unsaturated/α-hetero) is 1. The highest BCUT2D eigenvalue weighted by Gasteiger charge is 2.18. The van der Waals surface area contributed by atoms with Gasteiger partial charge in [-0.3, -0.25) is 4.79 Å². The zero-order valence-corrected chi connectivity index (χ0v) is 12.6. The smallest absolute Gasteiger partial charge is 0.164 e. The van der Waals surface area contributed by atoms with Crippen LogP contribution in [0.3, 0.4) is 0 Å². The van der Waals surface area contributed by atoms with Crippen LogP contribution in [0, 0.1) is 5.82 Å². The Labute approximate surface area is 125 Å². The van der Waals surface area contributed by atoms with Gasteiger partial charge >= 0.3 is 0 Å². The van der Waals surface area contributed by atoms with E-state index in [1.807, 2.05) is 23.0 Å². The predicted octanol–water partition coefficient (Wildman–Crippen LogP) is 4.35. The van der Waals surface area contributed by atoms with Crippen LogP contribution in [0.1, 0.15) is 40.7 Å². The standard InChI is InChI=1S/C16H15BrFNO/c17-16-12(5-3-6-14(16)18)9-19-8-11-4-1-2-7-15(20)13(11)10-19/h3,5-6,8,10H,1-2,4,7,9H2. The first-order valence-electron chi connectivity index (χ1n) is 6.80. The fourth-order valence-electron chi connectivity index (χ4n) is 2.70. The van der Waals surface area contributed by atoms with Crippen LogP contribution < -0.4 is 0 Å². The molecule has 1 heterocycles. The van der Waals surface area contributed by atoms with E-state index >= 15 is 0 Å². The number of carbonyl (C=O) groups is 1. The first kappa shape index (κ1) is 13.6. The maximum absolute atomic E-state index is 13.5. The lowest BCUT2D eigenvalue weighted by Gasteiger charge is -2.06. The van der Waals surface area contributed by atoms with E-state index < -0.39 is 0 Å². The van der Waals surface area contributed by atoms with E-state index in [2.05, 4.69) is 15.9 Å². The van der Waals surface area contributed by atoms with Gasteiger partial charge in [-0.1, -0.05) is 12.1 Å². The first-order chi connectivity index (χ1) is 9.65. The second-order valence-corrected chi connectivity index (χ2v) is 6.01. The Morgan fingerprint density at radius 2 is 2.00 bits per heavy atom. The molecule has 1 aliphatic carbocycles. The van der Waals surface area contributed by atoms with Crippen molar-refractivity contribution in [2.45, 2.75) is 32.2 Å². The van der Waals surface area contributed by atoms with Crippen LogP contribution in [0.5, 0.6) is 0 Å². The molecule has 0 N–H and O–H groups in total. The minimum Gasteiger partial charge on any atom is -0.349 e. The molecule has 3 rings (SSSR count). The minimum absolute atomic E-state index is 0.231. The van der Waals surface area contributed by atoms with Gasteiger partial charge in [0.2, 0.25) is 0 Å². The predicted molar refractivity (Wildman–Crippen MR) is 79.5 cm³/mol. The normalized spacial score (nSPS) is 15.0. The summed E-state index contributed by atoms with van der Waals surface area (Å²) in [7, 11) is 0. The quantitative estimate of drug-likeness (QED) is 0.748. The Morgan fingerprint density at radius 1 is 1.20 bits per heavy atom. The summed E-state index contributed by atoms with van der Waals surface area (Å²) < 4.78 is 16.0. The largest absolute Gasteiger partial charge is 0.349 e. The SMILES string of the molecule is O=C1CCCCc2cn(Cc3cccc(F)c3Br)cc21. The maximum Gasteiger partial charge on any atom is 0.164 e. The highest BCUT2D eigenvalue weighted by molar-refractivity contribution is 9.10. The summed E-state index contributed by atoms with van der Waals surface area (Å²) in [4.78, 5) is 12.0. The minimum atomic E-state index is -0.257. The molecular weight excluding hydrogens is 321 g/mol.